The van der Waals surface area contributed by atoms with Crippen LogP contribution in [-0.2, 0) is 19.9 Å². The van der Waals surface area contributed by atoms with Crippen LogP contribution in [0.1, 0.15) is 0 Å². The van der Waals surface area contributed by atoms with Crippen LogP contribution >= 0.6 is 0 Å². The Hall–Kier alpha value is -1.88. The first-order chi connectivity index (χ1) is 5.91. The molecule has 2 N–H and O–H groups in total. The maximum atomic E-state index is 7.57. The van der Waals surface area contributed by atoms with Gasteiger partial charge in [-0.15, -0.1) is 0 Å². The quantitative estimate of drug-likeness (QED) is 0.338. The summed E-state index contributed by atoms with van der Waals surface area (Å²) in [5, 5.41) is 21.4. The van der Waals surface area contributed by atoms with Gasteiger partial charge >= 0.3 is 0 Å². The van der Waals surface area contributed by atoms with Gasteiger partial charge in [-0.1, -0.05) is 0 Å². The van der Waals surface area contributed by atoms with E-state index in [1.165, 1.54) is 0 Å². The lowest BCUT2D eigenvalue weighted by Crippen LogP contribution is -1.76. The molecule has 0 atom stereocenters. The van der Waals surface area contributed by atoms with Crippen LogP contribution in [0.2, 0.25) is 0 Å². The molecule has 0 saturated heterocycles. The first kappa shape index (κ1) is 10.1. The van der Waals surface area contributed by atoms with Gasteiger partial charge in [-0.05, 0) is 10.1 Å². The molecule has 0 aliphatic rings. The Morgan fingerprint density at radius 1 is 0.667 bits per heavy atom. The molecule has 0 saturated carbocycles. The highest BCUT2D eigenvalue weighted by Crippen LogP contribution is 1.65. The van der Waals surface area contributed by atoms with Gasteiger partial charge in [-0.3, -0.25) is 9.78 Å². The summed E-state index contributed by atoms with van der Waals surface area (Å²) in [4.78, 5) is 7.42. The van der Waals surface area contributed by atoms with E-state index in [1.54, 1.807) is 0 Å². The summed E-state index contributed by atoms with van der Waals surface area (Å²) in [6, 6.07) is 0. The topological polar surface area (TPSA) is 77.4 Å². The Morgan fingerprint density at radius 3 is 1.42 bits per heavy atom. The number of hydrogen-bond acceptors (Lipinski definition) is 6. The minimum absolute atomic E-state index is 1.84. The molecular weight excluding hydrogens is 168 g/mol. The van der Waals surface area contributed by atoms with Crippen LogP contribution in [0.5, 0.6) is 0 Å². The third-order valence-electron chi connectivity index (χ3n) is 0.447. The molecular formula is C6H2O6. The third kappa shape index (κ3) is 8.12. The molecule has 0 bridgehead atoms. The monoisotopic (exact) mass is 170 g/mol. The van der Waals surface area contributed by atoms with E-state index in [0.29, 0.717) is 0 Å². The van der Waals surface area contributed by atoms with E-state index in [4.69, 9.17) is 10.5 Å². The third-order valence-corrected chi connectivity index (χ3v) is 0.447. The molecule has 0 aliphatic carbocycles. The van der Waals surface area contributed by atoms with Crippen molar-refractivity contribution in [2.24, 2.45) is 0 Å². The predicted octanol–water partition coefficient (Wildman–Crippen LogP) is -0.246. The number of rotatable bonds is 2. The highest BCUT2D eigenvalue weighted by atomic mass is 17.5. The maximum Gasteiger partial charge on any atom is 0.174 e. The number of hydrogen-bond donors (Lipinski definition) is 2. The molecule has 0 aliphatic heterocycles. The molecule has 62 valence electrons. The zero-order valence-electron chi connectivity index (χ0n) is 5.53. The molecule has 0 aromatic rings. The van der Waals surface area contributed by atoms with Gasteiger partial charge in [-0.25, -0.2) is 10.5 Å². The molecule has 0 radical (unpaired) electrons. The lowest BCUT2D eigenvalue weighted by molar-refractivity contribution is -0.458. The summed E-state index contributed by atoms with van der Waals surface area (Å²) < 4.78 is 0. The summed E-state index contributed by atoms with van der Waals surface area (Å²) in [6.07, 6.45) is 3.68. The second-order valence-corrected chi connectivity index (χ2v) is 1.02. The smallest absolute Gasteiger partial charge is 0.174 e. The Bertz CT molecular complexity index is 248. The summed E-state index contributed by atoms with van der Waals surface area (Å²) in [7, 11) is 0. The van der Waals surface area contributed by atoms with Gasteiger partial charge in [0.1, 0.15) is 0 Å². The van der Waals surface area contributed by atoms with Crippen LogP contribution in [-0.4, -0.2) is 10.5 Å². The van der Waals surface area contributed by atoms with Crippen molar-refractivity contribution in [2.45, 2.75) is 0 Å². The van der Waals surface area contributed by atoms with Crippen LogP contribution in [0, 0.1) is 35.9 Å². The molecule has 0 amide bonds. The minimum atomic E-state index is 1.84. The summed E-state index contributed by atoms with van der Waals surface area (Å²) in [5.74, 6) is 8.49. The lowest BCUT2D eigenvalue weighted by Gasteiger charge is -1.77. The Kier molecular flexibility index (Phi) is 7.69. The van der Waals surface area contributed by atoms with E-state index in [2.05, 4.69) is 43.5 Å². The molecule has 0 heterocycles. The fraction of sp³-hybridized carbons (Fsp3) is 0. The molecule has 6 heteroatoms. The largest absolute Gasteiger partial charge is 0.251 e. The fourth-order valence-electron chi connectivity index (χ4n) is 0.192. The van der Waals surface area contributed by atoms with E-state index < -0.39 is 0 Å². The molecule has 0 spiro atoms. The standard InChI is InChI=1S/C6H2O6/c7-11-9-5-3-1-2-4-6-10-12-8/h7-8H. The van der Waals surface area contributed by atoms with Gasteiger partial charge in [0.2, 0.25) is 0 Å². The van der Waals surface area contributed by atoms with Gasteiger partial charge < -0.3 is 0 Å². The molecule has 0 aromatic heterocycles. The molecule has 6 nitrogen and oxygen atoms in total. The zero-order valence-corrected chi connectivity index (χ0v) is 5.53. The van der Waals surface area contributed by atoms with Crippen molar-refractivity contribution in [3.05, 3.63) is 0 Å². The van der Waals surface area contributed by atoms with Crippen LogP contribution < -0.4 is 0 Å². The Labute approximate surface area is 67.3 Å². The van der Waals surface area contributed by atoms with E-state index in [1.807, 2.05) is 12.2 Å². The lowest BCUT2D eigenvalue weighted by atomic mass is 10.6. The molecule has 0 fully saturated rings. The first-order valence-corrected chi connectivity index (χ1v) is 2.36. The second-order valence-electron chi connectivity index (χ2n) is 1.02. The average molecular weight is 170 g/mol. The maximum absolute atomic E-state index is 7.57. The van der Waals surface area contributed by atoms with Gasteiger partial charge in [0.15, 0.2) is 12.2 Å². The summed E-state index contributed by atoms with van der Waals surface area (Å²) >= 11 is 0. The summed E-state index contributed by atoms with van der Waals surface area (Å²) in [6.45, 7) is 0. The molecule has 12 heavy (non-hydrogen) atoms. The van der Waals surface area contributed by atoms with Crippen molar-refractivity contribution < 1.29 is 30.4 Å². The van der Waals surface area contributed by atoms with Crippen LogP contribution in [0.3, 0.4) is 0 Å². The van der Waals surface area contributed by atoms with Crippen molar-refractivity contribution in [3.63, 3.8) is 0 Å². The Balaban J connectivity index is 3.63. The van der Waals surface area contributed by atoms with E-state index >= 15 is 0 Å². The Morgan fingerprint density at radius 2 is 1.08 bits per heavy atom. The van der Waals surface area contributed by atoms with Gasteiger partial charge in [-0.2, -0.15) is 0 Å². The molecule has 0 aromatic carbocycles. The van der Waals surface area contributed by atoms with Crippen molar-refractivity contribution in [1.82, 2.24) is 0 Å². The fourth-order valence-corrected chi connectivity index (χ4v) is 0.192. The van der Waals surface area contributed by atoms with Crippen LogP contribution in [0.4, 0.5) is 0 Å². The van der Waals surface area contributed by atoms with Crippen LogP contribution in [0.25, 0.3) is 0 Å². The summed E-state index contributed by atoms with van der Waals surface area (Å²) in [5.41, 5.74) is 0. The first-order valence-electron chi connectivity index (χ1n) is 2.36. The second kappa shape index (κ2) is 9.12. The van der Waals surface area contributed by atoms with Gasteiger partial charge in [0.25, 0.3) is 0 Å². The molecule has 0 rings (SSSR count). The predicted molar refractivity (Wildman–Crippen MR) is 32.9 cm³/mol. The van der Waals surface area contributed by atoms with Crippen molar-refractivity contribution in [2.75, 3.05) is 0 Å². The highest BCUT2D eigenvalue weighted by Gasteiger charge is 1.66. The van der Waals surface area contributed by atoms with E-state index in [-0.39, 0.29) is 0 Å². The van der Waals surface area contributed by atoms with Crippen molar-refractivity contribution in [3.8, 4) is 35.9 Å². The van der Waals surface area contributed by atoms with Gasteiger partial charge in [0, 0.05) is 23.7 Å². The molecule has 0 unspecified atom stereocenters. The minimum Gasteiger partial charge on any atom is -0.251 e. The van der Waals surface area contributed by atoms with Crippen LogP contribution in [0.15, 0.2) is 0 Å². The van der Waals surface area contributed by atoms with Crippen molar-refractivity contribution in [1.29, 1.82) is 0 Å². The van der Waals surface area contributed by atoms with Crippen molar-refractivity contribution >= 4 is 0 Å². The highest BCUT2D eigenvalue weighted by molar-refractivity contribution is 5.33. The van der Waals surface area contributed by atoms with E-state index in [0.717, 1.165) is 0 Å². The van der Waals surface area contributed by atoms with E-state index in [9.17, 15) is 0 Å². The SMILES string of the molecule is OOOC#CC#CC#COOO. The zero-order chi connectivity index (χ0) is 9.07. The normalized spacial score (nSPS) is 5.83. The van der Waals surface area contributed by atoms with Gasteiger partial charge in [0.05, 0.1) is 0 Å². The average Bonchev–Trinajstić information content (AvgIpc) is 2.10.